The molecule has 0 saturated heterocycles. The van der Waals surface area contributed by atoms with Crippen molar-refractivity contribution in [3.05, 3.63) is 28.2 Å². The second-order valence-electron chi connectivity index (χ2n) is 3.05. The van der Waals surface area contributed by atoms with Gasteiger partial charge in [0.25, 0.3) is 0 Å². The maximum absolute atomic E-state index is 8.69. The Balaban J connectivity index is 2.66. The van der Waals surface area contributed by atoms with Gasteiger partial charge < -0.3 is 9.84 Å². The van der Waals surface area contributed by atoms with E-state index in [-0.39, 0.29) is 12.7 Å². The molecule has 0 fully saturated rings. The van der Waals surface area contributed by atoms with Gasteiger partial charge in [-0.15, -0.1) is 0 Å². The molecule has 14 heavy (non-hydrogen) atoms. The van der Waals surface area contributed by atoms with Crippen LogP contribution in [0.15, 0.2) is 18.2 Å². The first-order chi connectivity index (χ1) is 6.61. The molecule has 78 valence electrons. The number of aliphatic hydroxyl groups excluding tert-OH is 1. The average molecular weight is 235 g/mol. The average Bonchev–Trinajstić information content (AvgIpc) is 2.01. The van der Waals surface area contributed by atoms with E-state index in [1.54, 1.807) is 18.2 Å². The largest absolute Gasteiger partial charge is 0.491 e. The van der Waals surface area contributed by atoms with Crippen molar-refractivity contribution >= 4 is 23.2 Å². The number of rotatable bonds is 4. The van der Waals surface area contributed by atoms with Crippen LogP contribution < -0.4 is 4.74 Å². The molecule has 0 aromatic heterocycles. The highest BCUT2D eigenvalue weighted by Crippen LogP contribution is 2.25. The molecule has 1 aromatic rings. The lowest BCUT2D eigenvalue weighted by Crippen LogP contribution is -2.13. The van der Waals surface area contributed by atoms with Gasteiger partial charge in [0.2, 0.25) is 0 Å². The fourth-order valence-corrected chi connectivity index (χ4v) is 1.58. The zero-order chi connectivity index (χ0) is 10.6. The van der Waals surface area contributed by atoms with Crippen LogP contribution in [0.4, 0.5) is 0 Å². The van der Waals surface area contributed by atoms with Gasteiger partial charge in [0.1, 0.15) is 5.75 Å². The number of hydrogen-bond donors (Lipinski definition) is 1. The fraction of sp³-hybridized carbons (Fsp3) is 0.400. The van der Waals surface area contributed by atoms with Crippen molar-refractivity contribution < 1.29 is 9.84 Å². The molecular formula is C10H12Cl2O2. The molecule has 0 spiro atoms. The Morgan fingerprint density at radius 2 is 1.86 bits per heavy atom. The Bertz CT molecular complexity index is 282. The molecule has 0 aliphatic heterocycles. The topological polar surface area (TPSA) is 29.5 Å². The van der Waals surface area contributed by atoms with Crippen molar-refractivity contribution in [3.8, 4) is 5.75 Å². The lowest BCUT2D eigenvalue weighted by Gasteiger charge is -2.13. The minimum Gasteiger partial charge on any atom is -0.491 e. The Morgan fingerprint density at radius 1 is 1.29 bits per heavy atom. The zero-order valence-electron chi connectivity index (χ0n) is 7.84. The summed E-state index contributed by atoms with van der Waals surface area (Å²) in [7, 11) is 0. The molecule has 0 aliphatic carbocycles. The van der Waals surface area contributed by atoms with Crippen molar-refractivity contribution in [2.75, 3.05) is 6.61 Å². The van der Waals surface area contributed by atoms with Crippen molar-refractivity contribution in [3.63, 3.8) is 0 Å². The first-order valence-corrected chi connectivity index (χ1v) is 5.11. The summed E-state index contributed by atoms with van der Waals surface area (Å²) in [5.74, 6) is 0.628. The standard InChI is InChI=1S/C10H12Cl2O2/c1-7(2-3-13)14-10-5-8(11)4-9(12)6-10/h4-7,13H,2-3H2,1H3. The van der Waals surface area contributed by atoms with E-state index in [0.717, 1.165) is 0 Å². The normalized spacial score (nSPS) is 12.6. The molecule has 0 aliphatic rings. The summed E-state index contributed by atoms with van der Waals surface area (Å²) in [5.41, 5.74) is 0. The minimum atomic E-state index is -0.0467. The number of aliphatic hydroxyl groups is 1. The molecular weight excluding hydrogens is 223 g/mol. The Morgan fingerprint density at radius 3 is 2.36 bits per heavy atom. The van der Waals surface area contributed by atoms with Crippen LogP contribution in [-0.4, -0.2) is 17.8 Å². The summed E-state index contributed by atoms with van der Waals surface area (Å²) in [5, 5.41) is 9.78. The molecule has 0 amide bonds. The second kappa shape index (κ2) is 5.44. The maximum Gasteiger partial charge on any atom is 0.122 e. The summed E-state index contributed by atoms with van der Waals surface area (Å²) >= 11 is 11.6. The van der Waals surface area contributed by atoms with Gasteiger partial charge in [-0.2, -0.15) is 0 Å². The first kappa shape index (κ1) is 11.6. The van der Waals surface area contributed by atoms with Gasteiger partial charge in [-0.1, -0.05) is 23.2 Å². The Hall–Kier alpha value is -0.440. The van der Waals surface area contributed by atoms with Gasteiger partial charge >= 0.3 is 0 Å². The van der Waals surface area contributed by atoms with Gasteiger partial charge in [0.05, 0.1) is 6.10 Å². The van der Waals surface area contributed by atoms with Gasteiger partial charge in [0, 0.05) is 23.1 Å². The van der Waals surface area contributed by atoms with E-state index in [9.17, 15) is 0 Å². The molecule has 1 unspecified atom stereocenters. The third-order valence-electron chi connectivity index (χ3n) is 1.71. The van der Waals surface area contributed by atoms with Crippen LogP contribution in [0, 0.1) is 0 Å². The van der Waals surface area contributed by atoms with E-state index in [1.807, 2.05) is 6.92 Å². The van der Waals surface area contributed by atoms with Crippen LogP contribution >= 0.6 is 23.2 Å². The van der Waals surface area contributed by atoms with Gasteiger partial charge in [-0.05, 0) is 25.1 Å². The molecule has 0 heterocycles. The van der Waals surface area contributed by atoms with E-state index >= 15 is 0 Å². The quantitative estimate of drug-likeness (QED) is 0.868. The van der Waals surface area contributed by atoms with Crippen LogP contribution in [-0.2, 0) is 0 Å². The monoisotopic (exact) mass is 234 g/mol. The van der Waals surface area contributed by atoms with Crippen molar-refractivity contribution in [2.45, 2.75) is 19.4 Å². The highest BCUT2D eigenvalue weighted by atomic mass is 35.5. The predicted octanol–water partition coefficient (Wildman–Crippen LogP) is 3.14. The minimum absolute atomic E-state index is 0.0467. The molecule has 0 radical (unpaired) electrons. The number of halogens is 2. The maximum atomic E-state index is 8.69. The van der Waals surface area contributed by atoms with Crippen LogP contribution in [0.5, 0.6) is 5.75 Å². The lowest BCUT2D eigenvalue weighted by atomic mass is 10.3. The molecule has 1 N–H and O–H groups in total. The third-order valence-corrected chi connectivity index (χ3v) is 2.15. The summed E-state index contributed by atoms with van der Waals surface area (Å²) in [6.07, 6.45) is 0.541. The highest BCUT2D eigenvalue weighted by molar-refractivity contribution is 6.34. The SMILES string of the molecule is CC(CCO)Oc1cc(Cl)cc(Cl)c1. The smallest absolute Gasteiger partial charge is 0.122 e. The lowest BCUT2D eigenvalue weighted by molar-refractivity contribution is 0.169. The first-order valence-electron chi connectivity index (χ1n) is 4.35. The molecule has 1 aromatic carbocycles. The van der Waals surface area contributed by atoms with E-state index in [0.29, 0.717) is 22.2 Å². The van der Waals surface area contributed by atoms with Crippen molar-refractivity contribution in [2.24, 2.45) is 0 Å². The van der Waals surface area contributed by atoms with Crippen LogP contribution in [0.2, 0.25) is 10.0 Å². The zero-order valence-corrected chi connectivity index (χ0v) is 9.35. The van der Waals surface area contributed by atoms with Crippen LogP contribution in [0.25, 0.3) is 0 Å². The number of hydrogen-bond acceptors (Lipinski definition) is 2. The number of benzene rings is 1. The highest BCUT2D eigenvalue weighted by Gasteiger charge is 2.04. The van der Waals surface area contributed by atoms with Gasteiger partial charge in [-0.3, -0.25) is 0 Å². The molecule has 0 bridgehead atoms. The fourth-order valence-electron chi connectivity index (χ4n) is 1.07. The van der Waals surface area contributed by atoms with E-state index in [4.69, 9.17) is 33.0 Å². The third kappa shape index (κ3) is 3.74. The molecule has 1 rings (SSSR count). The predicted molar refractivity (Wildman–Crippen MR) is 58.3 cm³/mol. The molecule has 4 heteroatoms. The summed E-state index contributed by atoms with van der Waals surface area (Å²) < 4.78 is 5.49. The van der Waals surface area contributed by atoms with E-state index in [2.05, 4.69) is 0 Å². The summed E-state index contributed by atoms with van der Waals surface area (Å²) in [6.45, 7) is 1.99. The van der Waals surface area contributed by atoms with Crippen LogP contribution in [0.1, 0.15) is 13.3 Å². The van der Waals surface area contributed by atoms with Crippen molar-refractivity contribution in [1.29, 1.82) is 0 Å². The summed E-state index contributed by atoms with van der Waals surface area (Å²) in [6, 6.07) is 5.04. The van der Waals surface area contributed by atoms with Crippen molar-refractivity contribution in [1.82, 2.24) is 0 Å². The Labute approximate surface area is 93.4 Å². The van der Waals surface area contributed by atoms with Gasteiger partial charge in [0.15, 0.2) is 0 Å². The number of ether oxygens (including phenoxy) is 1. The molecule has 0 saturated carbocycles. The summed E-state index contributed by atoms with van der Waals surface area (Å²) in [4.78, 5) is 0. The van der Waals surface area contributed by atoms with E-state index < -0.39 is 0 Å². The second-order valence-corrected chi connectivity index (χ2v) is 3.92. The van der Waals surface area contributed by atoms with Crippen LogP contribution in [0.3, 0.4) is 0 Å². The Kier molecular flexibility index (Phi) is 4.52. The van der Waals surface area contributed by atoms with Gasteiger partial charge in [-0.25, -0.2) is 0 Å². The van der Waals surface area contributed by atoms with E-state index in [1.165, 1.54) is 0 Å². The molecule has 1 atom stereocenters. The molecule has 2 nitrogen and oxygen atoms in total.